The summed E-state index contributed by atoms with van der Waals surface area (Å²) in [7, 11) is 0. The normalized spacial score (nSPS) is 10.3. The smallest absolute Gasteiger partial charge is 0.259 e. The average molecular weight is 436 g/mol. The van der Waals surface area contributed by atoms with E-state index in [-0.39, 0.29) is 11.3 Å². The van der Waals surface area contributed by atoms with E-state index in [4.69, 9.17) is 0 Å². The minimum Gasteiger partial charge on any atom is -0.507 e. The number of phenolic OH excluding ortho intramolecular Hbond substituents is 1. The van der Waals surface area contributed by atoms with Gasteiger partial charge in [0.25, 0.3) is 5.91 Å². The van der Waals surface area contributed by atoms with Crippen molar-refractivity contribution in [2.75, 3.05) is 5.32 Å². The number of phenols is 1. The lowest BCUT2D eigenvalue weighted by Gasteiger charge is -2.09. The fourth-order valence-electron chi connectivity index (χ4n) is 1.47. The molecule has 0 atom stereocenters. The number of amides is 1. The van der Waals surface area contributed by atoms with Gasteiger partial charge in [0.2, 0.25) is 0 Å². The predicted octanol–water partition coefficient (Wildman–Crippen LogP) is 4.15. The Hall–Kier alpha value is -1.15. The summed E-state index contributed by atoms with van der Waals surface area (Å²) in [6.45, 7) is 0. The maximum Gasteiger partial charge on any atom is 0.259 e. The molecule has 0 unspecified atom stereocenters. The van der Waals surface area contributed by atoms with Crippen LogP contribution in [0.5, 0.6) is 5.75 Å². The van der Waals surface area contributed by atoms with Gasteiger partial charge in [-0.3, -0.25) is 4.79 Å². The van der Waals surface area contributed by atoms with E-state index in [1.165, 1.54) is 24.3 Å². The molecule has 0 aliphatic rings. The van der Waals surface area contributed by atoms with Gasteiger partial charge in [0.05, 0.1) is 11.3 Å². The second-order valence-corrected chi connectivity index (χ2v) is 5.84. The highest BCUT2D eigenvalue weighted by molar-refractivity contribution is 14.1. The molecule has 6 heteroatoms. The number of hydrogen-bond donors (Lipinski definition) is 2. The van der Waals surface area contributed by atoms with Crippen molar-refractivity contribution >= 4 is 50.1 Å². The molecule has 3 nitrogen and oxygen atoms in total. The zero-order valence-corrected chi connectivity index (χ0v) is 13.2. The Labute approximate surface area is 131 Å². The Morgan fingerprint density at radius 3 is 2.74 bits per heavy atom. The largest absolute Gasteiger partial charge is 0.507 e. The van der Waals surface area contributed by atoms with E-state index >= 15 is 0 Å². The first-order valence-electron chi connectivity index (χ1n) is 5.22. The van der Waals surface area contributed by atoms with Crippen molar-refractivity contribution in [1.82, 2.24) is 0 Å². The summed E-state index contributed by atoms with van der Waals surface area (Å²) >= 11 is 5.26. The Bertz CT molecular complexity index is 649. The van der Waals surface area contributed by atoms with E-state index in [1.54, 1.807) is 12.1 Å². The molecule has 0 radical (unpaired) electrons. The lowest BCUT2D eigenvalue weighted by atomic mass is 10.2. The molecule has 19 heavy (non-hydrogen) atoms. The van der Waals surface area contributed by atoms with E-state index in [0.29, 0.717) is 10.2 Å². The molecular formula is C13H8BrFINO2. The number of rotatable bonds is 2. The van der Waals surface area contributed by atoms with Crippen LogP contribution in [0.3, 0.4) is 0 Å². The van der Waals surface area contributed by atoms with Gasteiger partial charge in [0.15, 0.2) is 0 Å². The first-order valence-corrected chi connectivity index (χ1v) is 7.09. The maximum absolute atomic E-state index is 13.1. The van der Waals surface area contributed by atoms with Crippen LogP contribution in [0.1, 0.15) is 10.4 Å². The van der Waals surface area contributed by atoms with Crippen molar-refractivity contribution in [1.29, 1.82) is 0 Å². The van der Waals surface area contributed by atoms with E-state index < -0.39 is 11.7 Å². The van der Waals surface area contributed by atoms with Gasteiger partial charge < -0.3 is 10.4 Å². The van der Waals surface area contributed by atoms with Crippen molar-refractivity contribution in [2.45, 2.75) is 0 Å². The number of hydrogen-bond acceptors (Lipinski definition) is 2. The SMILES string of the molecule is O=C(Nc1cc(F)ccc1Br)c1cc(I)ccc1O. The fourth-order valence-corrected chi connectivity index (χ4v) is 2.31. The number of halogens is 3. The summed E-state index contributed by atoms with van der Waals surface area (Å²) < 4.78 is 14.5. The standard InChI is InChI=1S/C13H8BrFINO2/c14-10-3-1-7(15)5-11(10)17-13(19)9-6-8(16)2-4-12(9)18/h1-6,18H,(H,17,19). The van der Waals surface area contributed by atoms with Gasteiger partial charge in [0.1, 0.15) is 11.6 Å². The predicted molar refractivity (Wildman–Crippen MR) is 82.9 cm³/mol. The molecule has 0 heterocycles. The second-order valence-electron chi connectivity index (χ2n) is 3.74. The Kier molecular flexibility index (Phi) is 4.41. The molecule has 0 saturated carbocycles. The summed E-state index contributed by atoms with van der Waals surface area (Å²) in [5.74, 6) is -1.07. The quantitative estimate of drug-likeness (QED) is 0.696. The Morgan fingerprint density at radius 1 is 1.26 bits per heavy atom. The van der Waals surface area contributed by atoms with Gasteiger partial charge >= 0.3 is 0 Å². The summed E-state index contributed by atoms with van der Waals surface area (Å²) in [6.07, 6.45) is 0. The molecule has 2 aromatic rings. The van der Waals surface area contributed by atoms with E-state index in [0.717, 1.165) is 3.57 Å². The summed E-state index contributed by atoms with van der Waals surface area (Å²) in [5, 5.41) is 12.2. The minimum absolute atomic E-state index is 0.120. The van der Waals surface area contributed by atoms with E-state index in [1.807, 2.05) is 22.6 Å². The van der Waals surface area contributed by atoms with E-state index in [2.05, 4.69) is 21.2 Å². The second kappa shape index (κ2) is 5.87. The Morgan fingerprint density at radius 2 is 2.00 bits per heavy atom. The lowest BCUT2D eigenvalue weighted by Crippen LogP contribution is -2.13. The number of anilines is 1. The molecule has 0 fully saturated rings. The van der Waals surface area contributed by atoms with Crippen LogP contribution in [-0.4, -0.2) is 11.0 Å². The summed E-state index contributed by atoms with van der Waals surface area (Å²) in [5.41, 5.74) is 0.450. The third kappa shape index (κ3) is 3.44. The molecule has 0 spiro atoms. The maximum atomic E-state index is 13.1. The zero-order valence-electron chi connectivity index (χ0n) is 9.45. The molecule has 2 N–H and O–H groups in total. The van der Waals surface area contributed by atoms with Crippen LogP contribution in [0.25, 0.3) is 0 Å². The van der Waals surface area contributed by atoms with Crippen LogP contribution >= 0.6 is 38.5 Å². The molecule has 0 aliphatic carbocycles. The number of carbonyl (C=O) groups is 1. The number of aromatic hydroxyl groups is 1. The highest BCUT2D eigenvalue weighted by Crippen LogP contribution is 2.26. The lowest BCUT2D eigenvalue weighted by molar-refractivity contribution is 0.102. The van der Waals surface area contributed by atoms with Gasteiger partial charge in [0, 0.05) is 8.04 Å². The van der Waals surface area contributed by atoms with E-state index in [9.17, 15) is 14.3 Å². The molecule has 0 aromatic heterocycles. The molecule has 2 rings (SSSR count). The average Bonchev–Trinajstić information content (AvgIpc) is 2.36. The molecule has 0 aliphatic heterocycles. The Balaban J connectivity index is 2.30. The first kappa shape index (κ1) is 14.3. The number of nitrogens with one attached hydrogen (secondary N) is 1. The molecule has 2 aromatic carbocycles. The van der Waals surface area contributed by atoms with Gasteiger partial charge in [-0.1, -0.05) is 0 Å². The van der Waals surface area contributed by atoms with Crippen LogP contribution in [0.15, 0.2) is 40.9 Å². The van der Waals surface area contributed by atoms with Crippen LogP contribution in [0.4, 0.5) is 10.1 Å². The van der Waals surface area contributed by atoms with Crippen LogP contribution < -0.4 is 5.32 Å². The van der Waals surface area contributed by atoms with Crippen molar-refractivity contribution in [3.05, 3.63) is 55.8 Å². The summed E-state index contributed by atoms with van der Waals surface area (Å²) in [6, 6.07) is 8.66. The van der Waals surface area contributed by atoms with Gasteiger partial charge in [-0.05, 0) is 74.9 Å². The third-order valence-electron chi connectivity index (χ3n) is 2.38. The molecule has 0 saturated heterocycles. The number of benzene rings is 2. The van der Waals surface area contributed by atoms with Crippen LogP contribution in [0.2, 0.25) is 0 Å². The van der Waals surface area contributed by atoms with Gasteiger partial charge in [-0.15, -0.1) is 0 Å². The van der Waals surface area contributed by atoms with Crippen LogP contribution in [-0.2, 0) is 0 Å². The zero-order chi connectivity index (χ0) is 14.0. The van der Waals surface area contributed by atoms with Crippen molar-refractivity contribution in [2.24, 2.45) is 0 Å². The molecule has 1 amide bonds. The monoisotopic (exact) mass is 435 g/mol. The number of carbonyl (C=O) groups excluding carboxylic acids is 1. The highest BCUT2D eigenvalue weighted by atomic mass is 127. The van der Waals surface area contributed by atoms with Gasteiger partial charge in [-0.2, -0.15) is 0 Å². The molecule has 0 bridgehead atoms. The third-order valence-corrected chi connectivity index (χ3v) is 3.74. The first-order chi connectivity index (χ1) is 8.97. The van der Waals surface area contributed by atoms with Crippen LogP contribution in [0, 0.1) is 9.39 Å². The highest BCUT2D eigenvalue weighted by Gasteiger charge is 2.13. The molecular weight excluding hydrogens is 428 g/mol. The van der Waals surface area contributed by atoms with Gasteiger partial charge in [-0.25, -0.2) is 4.39 Å². The topological polar surface area (TPSA) is 49.3 Å². The van der Waals surface area contributed by atoms with Crippen molar-refractivity contribution in [3.63, 3.8) is 0 Å². The van der Waals surface area contributed by atoms with Crippen molar-refractivity contribution in [3.8, 4) is 5.75 Å². The van der Waals surface area contributed by atoms with Crippen molar-refractivity contribution < 1.29 is 14.3 Å². The molecule has 98 valence electrons. The minimum atomic E-state index is -0.498. The summed E-state index contributed by atoms with van der Waals surface area (Å²) in [4.78, 5) is 12.0. The fraction of sp³-hybridized carbons (Fsp3) is 0.